The average Bonchev–Trinajstić information content (AvgIpc) is 3.75. The number of benzene rings is 5. The Balaban J connectivity index is 0.000000207. The molecule has 3 heterocycles. The van der Waals surface area contributed by atoms with Crippen LogP contribution in [0.3, 0.4) is 0 Å². The minimum absolute atomic E-state index is 0. The maximum absolute atomic E-state index is 10.7. The summed E-state index contributed by atoms with van der Waals surface area (Å²) in [5.41, 5.74) is 10.3. The number of fused-ring (bicyclic) bond motifs is 4. The van der Waals surface area contributed by atoms with Crippen LogP contribution in [-0.4, -0.2) is 9.25 Å². The molecule has 0 saturated heterocycles. The molecular formula is C44H42AuF6N4P-. The van der Waals surface area contributed by atoms with E-state index in [2.05, 4.69) is 177 Å². The molecule has 2 aliphatic rings. The molecule has 0 spiro atoms. The standard InChI is InChI=1S/C33H26N2.C11H16N2.Au.F6P/c1-5-15-26(16-6-1)32(27-17-7-2-8-18-27)34-25-35(31-24-14-13-23-30(31)34)33(28-19-9-3-10-20-28)29-21-11-4-12-22-29;1-2-6-11-10(5-1)9-12-7-3-4-8-13(11)12;;1-7(2,3,4,5)6/h1-24,32-33H;1-8H2;;/q;;;-1. The van der Waals surface area contributed by atoms with Gasteiger partial charge in [-0.05, 0) is 28.7 Å². The van der Waals surface area contributed by atoms with E-state index in [1.54, 1.807) is 5.69 Å². The van der Waals surface area contributed by atoms with Crippen molar-refractivity contribution in [1.29, 1.82) is 0 Å². The van der Waals surface area contributed by atoms with E-state index in [9.17, 15) is 25.2 Å². The van der Waals surface area contributed by atoms with E-state index in [0.717, 1.165) is 11.0 Å². The number of nitrogens with zero attached hydrogens (tertiary/aromatic N) is 4. The predicted octanol–water partition coefficient (Wildman–Crippen LogP) is 11.6. The predicted molar refractivity (Wildman–Crippen MR) is 204 cm³/mol. The van der Waals surface area contributed by atoms with E-state index < -0.39 is 7.81 Å². The zero-order valence-electron chi connectivity index (χ0n) is 30.5. The number of aryl methyl sites for hydroxylation is 2. The summed E-state index contributed by atoms with van der Waals surface area (Å²) in [5.74, 6) is 0. The largest absolute Gasteiger partial charge is 0.334 e. The van der Waals surface area contributed by atoms with Gasteiger partial charge in [-0.3, -0.25) is 4.68 Å². The van der Waals surface area contributed by atoms with Crippen LogP contribution >= 0.6 is 7.81 Å². The van der Waals surface area contributed by atoms with Gasteiger partial charge in [-0.2, -0.15) is 0 Å². The Morgan fingerprint density at radius 2 is 1.02 bits per heavy atom. The minimum Gasteiger partial charge on any atom is -0.334 e. The second-order valence-electron chi connectivity index (χ2n) is 13.9. The van der Waals surface area contributed by atoms with Crippen molar-refractivity contribution in [3.8, 4) is 0 Å². The van der Waals surface area contributed by atoms with Crippen LogP contribution in [0.25, 0.3) is 11.0 Å². The van der Waals surface area contributed by atoms with Crippen LogP contribution in [0, 0.1) is 12.5 Å². The third kappa shape index (κ3) is 10.7. The van der Waals surface area contributed by atoms with Gasteiger partial charge in [0.2, 0.25) is 6.33 Å². The minimum atomic E-state index is -10.7. The van der Waals surface area contributed by atoms with Gasteiger partial charge >= 0.3 is 33.0 Å². The molecule has 0 fully saturated rings. The zero-order chi connectivity index (χ0) is 38.5. The molecule has 2 aromatic heterocycles. The fourth-order valence-electron chi connectivity index (χ4n) is 7.62. The van der Waals surface area contributed by atoms with Gasteiger partial charge in [0.1, 0.15) is 12.1 Å². The maximum atomic E-state index is 9.87. The molecule has 0 unspecified atom stereocenters. The molecule has 1 aliphatic heterocycles. The summed E-state index contributed by atoms with van der Waals surface area (Å²) in [6, 6.07) is 51.5. The Bertz CT molecular complexity index is 2100. The van der Waals surface area contributed by atoms with Gasteiger partial charge in [0, 0.05) is 39.8 Å². The molecule has 7 aromatic rings. The third-order valence-corrected chi connectivity index (χ3v) is 9.89. The van der Waals surface area contributed by atoms with E-state index in [1.165, 1.54) is 79.4 Å². The van der Waals surface area contributed by atoms with Crippen LogP contribution < -0.4 is 9.25 Å². The normalized spacial score (nSPS) is 14.9. The van der Waals surface area contributed by atoms with Crippen molar-refractivity contribution < 1.29 is 56.8 Å². The van der Waals surface area contributed by atoms with Crippen molar-refractivity contribution >= 4 is 18.8 Å². The second kappa shape index (κ2) is 16.6. The molecule has 12 heteroatoms. The first-order chi connectivity index (χ1) is 26.3. The Kier molecular flexibility index (Phi) is 12.2. The first-order valence-corrected chi connectivity index (χ1v) is 20.6. The fraction of sp³-hybridized carbons (Fsp3) is 0.227. The Morgan fingerprint density at radius 3 is 1.55 bits per heavy atom. The van der Waals surface area contributed by atoms with Gasteiger partial charge in [-0.1, -0.05) is 177 Å². The van der Waals surface area contributed by atoms with Crippen LogP contribution in [0.5, 0.6) is 0 Å². The molecule has 4 nitrogen and oxygen atoms in total. The van der Waals surface area contributed by atoms with Gasteiger partial charge in [0.05, 0.1) is 12.7 Å². The topological polar surface area (TPSA) is 17.6 Å². The number of hydrogen-bond donors (Lipinski definition) is 0. The maximum Gasteiger partial charge on any atom is 0.206 e. The molecule has 56 heavy (non-hydrogen) atoms. The summed E-state index contributed by atoms with van der Waals surface area (Å²) in [6.07, 6.45) is 15.3. The summed E-state index contributed by atoms with van der Waals surface area (Å²) in [4.78, 5) is 0. The SMILES string of the molecule is F[P-](F)(F)(F)(F)F.[Au].[c-]1c2c(n3[n+]1CCCC3)CCCC2.[c-]1n(C(c2ccccc2)c2ccccc2)c2ccccc2[n+]1C(c1ccccc1)c1ccccc1. The smallest absolute Gasteiger partial charge is 0.206 e. The zero-order valence-corrected chi connectivity index (χ0v) is 33.5. The number of aromatic nitrogens is 4. The molecule has 0 saturated carbocycles. The van der Waals surface area contributed by atoms with Crippen molar-refractivity contribution in [3.05, 3.63) is 192 Å². The van der Waals surface area contributed by atoms with E-state index in [0.29, 0.717) is 0 Å². The Morgan fingerprint density at radius 1 is 0.554 bits per heavy atom. The summed E-state index contributed by atoms with van der Waals surface area (Å²) >= 11 is 0. The monoisotopic (exact) mass is 968 g/mol. The quantitative estimate of drug-likeness (QED) is 0.0520. The molecular weight excluding hydrogens is 926 g/mol. The molecule has 1 radical (unpaired) electrons. The number of hydrogen-bond acceptors (Lipinski definition) is 0. The summed E-state index contributed by atoms with van der Waals surface area (Å²) in [6.45, 7) is 2.42. The van der Waals surface area contributed by atoms with E-state index in [-0.39, 0.29) is 34.5 Å². The van der Waals surface area contributed by atoms with E-state index >= 15 is 0 Å². The number of imidazole rings is 1. The van der Waals surface area contributed by atoms with E-state index in [4.69, 9.17) is 0 Å². The van der Waals surface area contributed by atoms with Gasteiger partial charge in [-0.25, -0.2) is 4.68 Å². The average molecular weight is 969 g/mol. The summed E-state index contributed by atoms with van der Waals surface area (Å²) < 4.78 is 68.6. The van der Waals surface area contributed by atoms with Gasteiger partial charge in [-0.15, -0.1) is 5.56 Å². The van der Waals surface area contributed by atoms with Crippen LogP contribution in [-0.2, 0) is 48.3 Å². The van der Waals surface area contributed by atoms with Gasteiger partial charge < -0.3 is 9.13 Å². The second-order valence-corrected chi connectivity index (χ2v) is 15.8. The molecule has 5 aromatic carbocycles. The molecule has 9 rings (SSSR count). The third-order valence-electron chi connectivity index (χ3n) is 9.89. The number of para-hydroxylation sites is 2. The van der Waals surface area contributed by atoms with E-state index in [1.807, 2.05) is 0 Å². The Labute approximate surface area is 338 Å². The number of rotatable bonds is 6. The Hall–Kier alpha value is -4.47. The van der Waals surface area contributed by atoms with Crippen molar-refractivity contribution in [1.82, 2.24) is 9.25 Å². The summed E-state index contributed by atoms with van der Waals surface area (Å²) in [7, 11) is -10.7. The molecule has 0 bridgehead atoms. The van der Waals surface area contributed by atoms with Crippen LogP contribution in [0.1, 0.15) is 71.3 Å². The van der Waals surface area contributed by atoms with Crippen molar-refractivity contribution in [2.75, 3.05) is 0 Å². The molecule has 0 amide bonds. The van der Waals surface area contributed by atoms with Crippen molar-refractivity contribution in [2.45, 2.75) is 63.7 Å². The molecule has 0 N–H and O–H groups in total. The summed E-state index contributed by atoms with van der Waals surface area (Å²) in [5, 5.41) is 0. The van der Waals surface area contributed by atoms with Gasteiger partial charge in [0.15, 0.2) is 6.54 Å². The molecule has 297 valence electrons. The first kappa shape index (κ1) is 41.2. The van der Waals surface area contributed by atoms with Crippen LogP contribution in [0.2, 0.25) is 0 Å². The molecule has 0 atom stereocenters. The van der Waals surface area contributed by atoms with Crippen molar-refractivity contribution in [2.24, 2.45) is 0 Å². The fourth-order valence-corrected chi connectivity index (χ4v) is 7.62. The number of halogens is 6. The molecule has 1 aliphatic carbocycles. The first-order valence-electron chi connectivity index (χ1n) is 18.5. The van der Waals surface area contributed by atoms with Gasteiger partial charge in [0.25, 0.3) is 0 Å². The van der Waals surface area contributed by atoms with Crippen molar-refractivity contribution in [3.63, 3.8) is 0 Å². The van der Waals surface area contributed by atoms with Crippen LogP contribution in [0.4, 0.5) is 25.2 Å². The van der Waals surface area contributed by atoms with Crippen LogP contribution in [0.15, 0.2) is 146 Å².